The number of aromatic nitrogens is 4. The number of H-pyrrole nitrogens is 2. The normalized spacial score (nSPS) is 11.7. The molecule has 38 heavy (non-hydrogen) atoms. The van der Waals surface area contributed by atoms with Crippen LogP contribution in [0.1, 0.15) is 22.4 Å². The lowest BCUT2D eigenvalue weighted by Crippen LogP contribution is -2.32. The van der Waals surface area contributed by atoms with Gasteiger partial charge in [-0.15, -0.1) is 0 Å². The number of nitrogens with one attached hydrogen (secondary N) is 2. The van der Waals surface area contributed by atoms with Crippen molar-refractivity contribution >= 4 is 18.3 Å². The molecule has 0 aliphatic rings. The maximum absolute atomic E-state index is 13.6. The predicted octanol–water partition coefficient (Wildman–Crippen LogP) is 2.26. The number of hydrogen-bond donors (Lipinski definition) is 3. The number of hydrogen-bond acceptors (Lipinski definition) is 4. The molecule has 2 heterocycles. The Morgan fingerprint density at radius 2 is 1.74 bits per heavy atom. The Morgan fingerprint density at radius 1 is 1.00 bits per heavy atom. The van der Waals surface area contributed by atoms with E-state index in [1.807, 2.05) is 12.1 Å². The predicted molar refractivity (Wildman–Crippen MR) is 145 cm³/mol. The number of imidazole rings is 1. The summed E-state index contributed by atoms with van der Waals surface area (Å²) in [4.78, 5) is 29.9. The number of benzene rings is 3. The van der Waals surface area contributed by atoms with Gasteiger partial charge in [0.15, 0.2) is 0 Å². The van der Waals surface area contributed by atoms with Crippen LogP contribution in [0.4, 0.5) is 10.1 Å². The second kappa shape index (κ2) is 10.1. The van der Waals surface area contributed by atoms with E-state index in [0.29, 0.717) is 40.3 Å². The van der Waals surface area contributed by atoms with Gasteiger partial charge in [-0.25, -0.2) is 9.07 Å². The van der Waals surface area contributed by atoms with E-state index < -0.39 is 0 Å². The highest BCUT2D eigenvalue weighted by Crippen LogP contribution is 2.16. The van der Waals surface area contributed by atoms with Crippen LogP contribution in [0.2, 0.25) is 0 Å². The zero-order valence-corrected chi connectivity index (χ0v) is 20.7. The third-order valence-electron chi connectivity index (χ3n) is 6.29. The maximum atomic E-state index is 13.6. The molecule has 2 aromatic heterocycles. The van der Waals surface area contributed by atoms with Crippen molar-refractivity contribution in [3.05, 3.63) is 133 Å². The van der Waals surface area contributed by atoms with Gasteiger partial charge in [0, 0.05) is 17.8 Å². The molecule has 0 unspecified atom stereocenters. The summed E-state index contributed by atoms with van der Waals surface area (Å²) < 4.78 is 21.6. The van der Waals surface area contributed by atoms with Gasteiger partial charge < -0.3 is 15.5 Å². The van der Waals surface area contributed by atoms with Crippen LogP contribution in [-0.4, -0.2) is 26.4 Å². The highest BCUT2D eigenvalue weighted by atomic mass is 19.1. The van der Waals surface area contributed by atoms with E-state index >= 15 is 0 Å². The van der Waals surface area contributed by atoms with Crippen LogP contribution in [0, 0.1) is 5.82 Å². The lowest BCUT2D eigenvalue weighted by Gasteiger charge is -2.04. The fourth-order valence-electron chi connectivity index (χ4n) is 4.33. The van der Waals surface area contributed by atoms with Crippen LogP contribution in [0.15, 0.2) is 82.4 Å². The number of rotatable bonds is 7. The number of nitrogen functional groups attached to an aromatic ring is 1. The van der Waals surface area contributed by atoms with Crippen molar-refractivity contribution in [1.29, 1.82) is 0 Å². The smallest absolute Gasteiger partial charge is 0.278 e. The van der Waals surface area contributed by atoms with E-state index in [1.54, 1.807) is 55.6 Å². The molecule has 0 aliphatic heterocycles. The summed E-state index contributed by atoms with van der Waals surface area (Å²) in [5, 5.41) is 3.38. The quantitative estimate of drug-likeness (QED) is 0.291. The van der Waals surface area contributed by atoms with Gasteiger partial charge in [0.05, 0.1) is 24.9 Å². The molecule has 0 saturated carbocycles. The summed E-state index contributed by atoms with van der Waals surface area (Å²) in [5.74, 6) is 0.307. The lowest BCUT2D eigenvalue weighted by atomic mass is 10.1. The van der Waals surface area contributed by atoms with E-state index in [2.05, 4.69) is 16.7 Å². The molecule has 0 bridgehead atoms. The Hall–Kier alpha value is -5.05. The van der Waals surface area contributed by atoms with E-state index in [9.17, 15) is 14.0 Å². The summed E-state index contributed by atoms with van der Waals surface area (Å²) in [5.41, 5.74) is 9.34. The largest absolute Gasteiger partial charge is 0.497 e. The average molecular weight is 512 g/mol. The molecule has 192 valence electrons. The molecule has 3 aromatic carbocycles. The molecule has 0 saturated heterocycles. The molecule has 9 heteroatoms. The van der Waals surface area contributed by atoms with Crippen LogP contribution in [-0.2, 0) is 13.0 Å². The minimum atomic E-state index is -0.347. The van der Waals surface area contributed by atoms with E-state index in [0.717, 1.165) is 11.1 Å². The summed E-state index contributed by atoms with van der Waals surface area (Å²) >= 11 is 0. The van der Waals surface area contributed by atoms with Crippen LogP contribution in [0.5, 0.6) is 5.75 Å². The molecular weight excluding hydrogens is 485 g/mol. The highest BCUT2D eigenvalue weighted by molar-refractivity contribution is 5.53. The van der Waals surface area contributed by atoms with Gasteiger partial charge in [0.1, 0.15) is 22.4 Å². The molecule has 5 aromatic rings. The standard InChI is InChI=1S/C29H26FN5O3/c1-18-32-27(29(37)34(18)17-20-4-3-5-22(31)14-20)16-25-26(15-19-6-8-21(30)9-7-19)33-35(28(25)36)23-10-12-24(38-2)13-11-23/h3-14,16,32-33H,1,15,17,31H2,2H3/b27-16-. The molecule has 8 nitrogen and oxygen atoms in total. The lowest BCUT2D eigenvalue weighted by molar-refractivity contribution is 0.414. The molecule has 0 atom stereocenters. The van der Waals surface area contributed by atoms with Gasteiger partial charge in [-0.05, 0) is 65.7 Å². The van der Waals surface area contributed by atoms with Crippen molar-refractivity contribution in [2.45, 2.75) is 13.0 Å². The van der Waals surface area contributed by atoms with Crippen molar-refractivity contribution in [2.75, 3.05) is 12.8 Å². The monoisotopic (exact) mass is 511 g/mol. The molecular formula is C29H26FN5O3. The van der Waals surface area contributed by atoms with Crippen molar-refractivity contribution < 1.29 is 9.13 Å². The van der Waals surface area contributed by atoms with Crippen molar-refractivity contribution in [2.24, 2.45) is 0 Å². The maximum Gasteiger partial charge on any atom is 0.278 e. The first-order chi connectivity index (χ1) is 18.3. The number of nitrogens with two attached hydrogens (primary N) is 1. The molecule has 0 amide bonds. The van der Waals surface area contributed by atoms with Crippen molar-refractivity contribution in [3.63, 3.8) is 0 Å². The van der Waals surface area contributed by atoms with Gasteiger partial charge in [0.2, 0.25) is 0 Å². The van der Waals surface area contributed by atoms with Gasteiger partial charge in [-0.2, -0.15) is 0 Å². The summed E-state index contributed by atoms with van der Waals surface area (Å²) in [6, 6.07) is 20.3. The minimum Gasteiger partial charge on any atom is -0.497 e. The van der Waals surface area contributed by atoms with Crippen molar-refractivity contribution in [3.8, 4) is 11.4 Å². The van der Waals surface area contributed by atoms with Gasteiger partial charge in [0.25, 0.3) is 11.1 Å². The number of methoxy groups -OCH3 is 1. The second-order valence-corrected chi connectivity index (χ2v) is 8.91. The van der Waals surface area contributed by atoms with E-state index in [-0.39, 0.29) is 28.8 Å². The number of halogens is 1. The second-order valence-electron chi connectivity index (χ2n) is 8.91. The molecule has 4 N–H and O–H groups in total. The Morgan fingerprint density at radius 3 is 2.42 bits per heavy atom. The summed E-state index contributed by atoms with van der Waals surface area (Å²) in [6.07, 6.45) is 1.85. The zero-order valence-electron chi connectivity index (χ0n) is 20.7. The first-order valence-corrected chi connectivity index (χ1v) is 11.9. The molecule has 0 fully saturated rings. The fourth-order valence-corrected chi connectivity index (χ4v) is 4.33. The Labute approximate surface area is 216 Å². The zero-order chi connectivity index (χ0) is 26.8. The van der Waals surface area contributed by atoms with Crippen LogP contribution < -0.4 is 32.4 Å². The fraction of sp³-hybridized carbons (Fsp3) is 0.103. The third-order valence-corrected chi connectivity index (χ3v) is 6.29. The minimum absolute atomic E-state index is 0.220. The molecule has 0 spiro atoms. The first kappa shape index (κ1) is 24.6. The molecule has 0 aliphatic carbocycles. The highest BCUT2D eigenvalue weighted by Gasteiger charge is 2.16. The Balaban J connectivity index is 1.62. The summed E-state index contributed by atoms with van der Waals surface area (Å²) in [7, 11) is 1.57. The SMILES string of the molecule is C=c1[nH]/c(=C\c2c(Cc3ccc(F)cc3)[nH]n(-c3ccc(OC)cc3)c2=O)c(=O)n1Cc1cccc(N)c1. The number of ether oxygens (including phenoxy) is 1. The summed E-state index contributed by atoms with van der Waals surface area (Å²) in [6.45, 7) is 4.25. The Bertz CT molecular complexity index is 1830. The van der Waals surface area contributed by atoms with E-state index in [4.69, 9.17) is 10.5 Å². The molecule has 5 rings (SSSR count). The van der Waals surface area contributed by atoms with Gasteiger partial charge in [-0.3, -0.25) is 19.3 Å². The van der Waals surface area contributed by atoms with Crippen LogP contribution >= 0.6 is 0 Å². The van der Waals surface area contributed by atoms with Crippen LogP contribution in [0.3, 0.4) is 0 Å². The van der Waals surface area contributed by atoms with Crippen molar-refractivity contribution in [1.82, 2.24) is 19.3 Å². The topological polar surface area (TPSA) is 111 Å². The number of nitrogens with zero attached hydrogens (tertiary/aromatic N) is 2. The molecule has 0 radical (unpaired) electrons. The Kier molecular flexibility index (Phi) is 6.57. The van der Waals surface area contributed by atoms with Gasteiger partial charge >= 0.3 is 0 Å². The number of aromatic amines is 2. The van der Waals surface area contributed by atoms with E-state index in [1.165, 1.54) is 27.5 Å². The van der Waals surface area contributed by atoms with Crippen LogP contribution in [0.25, 0.3) is 18.3 Å². The first-order valence-electron chi connectivity index (χ1n) is 11.9. The average Bonchev–Trinajstić information content (AvgIpc) is 3.36. The number of anilines is 1. The van der Waals surface area contributed by atoms with Gasteiger partial charge in [-0.1, -0.05) is 30.8 Å². The third kappa shape index (κ3) is 4.94.